The van der Waals surface area contributed by atoms with E-state index in [0.717, 1.165) is 16.7 Å². The number of benzene rings is 3. The van der Waals surface area contributed by atoms with E-state index in [1.807, 2.05) is 24.3 Å². The van der Waals surface area contributed by atoms with Crippen molar-refractivity contribution in [2.45, 2.75) is 50.9 Å². The van der Waals surface area contributed by atoms with Crippen LogP contribution in [0.2, 0.25) is 0 Å². The van der Waals surface area contributed by atoms with E-state index in [1.165, 1.54) is 6.07 Å². The molecular weight excluding hydrogens is 473 g/mol. The highest BCUT2D eigenvalue weighted by atomic mass is 19.1. The number of carbonyl (C=O) groups excluding carboxylic acids is 2. The van der Waals surface area contributed by atoms with Crippen molar-refractivity contribution in [1.82, 2.24) is 10.2 Å². The van der Waals surface area contributed by atoms with E-state index < -0.39 is 18.1 Å². The molecule has 1 aliphatic rings. The number of carboxylic acids is 1. The number of nitrogens with one attached hydrogen (secondary N) is 1. The normalized spacial score (nSPS) is 15.5. The molecule has 2 amide bonds. The Kier molecular flexibility index (Phi) is 8.30. The van der Waals surface area contributed by atoms with Crippen LogP contribution < -0.4 is 11.1 Å². The lowest BCUT2D eigenvalue weighted by atomic mass is 9.92. The molecule has 1 unspecified atom stereocenters. The summed E-state index contributed by atoms with van der Waals surface area (Å²) in [5.74, 6) is -1.79. The van der Waals surface area contributed by atoms with Gasteiger partial charge >= 0.3 is 5.97 Å². The molecule has 4 N–H and O–H groups in total. The minimum atomic E-state index is -0.906. The van der Waals surface area contributed by atoms with Crippen LogP contribution in [0, 0.1) is 5.82 Å². The Labute approximate surface area is 215 Å². The van der Waals surface area contributed by atoms with Crippen molar-refractivity contribution in [2.75, 3.05) is 0 Å². The van der Waals surface area contributed by atoms with E-state index in [2.05, 4.69) is 5.32 Å². The zero-order valence-corrected chi connectivity index (χ0v) is 20.4. The average molecular weight is 504 g/mol. The summed E-state index contributed by atoms with van der Waals surface area (Å²) in [5, 5.41) is 11.8. The summed E-state index contributed by atoms with van der Waals surface area (Å²) in [6, 6.07) is 19.8. The Morgan fingerprint density at radius 3 is 2.32 bits per heavy atom. The first-order valence-corrected chi connectivity index (χ1v) is 12.2. The van der Waals surface area contributed by atoms with Crippen LogP contribution in [0.3, 0.4) is 0 Å². The monoisotopic (exact) mass is 503 g/mol. The number of hydrogen-bond donors (Lipinski definition) is 3. The fraction of sp³-hybridized carbons (Fsp3) is 0.276. The minimum Gasteiger partial charge on any atom is -0.481 e. The van der Waals surface area contributed by atoms with Crippen molar-refractivity contribution in [3.63, 3.8) is 0 Å². The summed E-state index contributed by atoms with van der Waals surface area (Å²) >= 11 is 0. The first kappa shape index (κ1) is 26.0. The van der Waals surface area contributed by atoms with Gasteiger partial charge in [0.1, 0.15) is 11.9 Å². The second kappa shape index (κ2) is 11.8. The molecule has 0 spiro atoms. The van der Waals surface area contributed by atoms with E-state index in [4.69, 9.17) is 10.8 Å². The van der Waals surface area contributed by atoms with Crippen LogP contribution in [-0.4, -0.2) is 39.9 Å². The zero-order chi connectivity index (χ0) is 26.4. The van der Waals surface area contributed by atoms with E-state index in [-0.39, 0.29) is 43.4 Å². The average Bonchev–Trinajstić information content (AvgIpc) is 2.88. The number of carbonyl (C=O) groups is 3. The number of halogens is 1. The third-order valence-corrected chi connectivity index (χ3v) is 6.59. The number of fused-ring (bicyclic) bond motifs is 1. The quantitative estimate of drug-likeness (QED) is 0.416. The summed E-state index contributed by atoms with van der Waals surface area (Å²) < 4.78 is 14.0. The molecule has 8 heteroatoms. The van der Waals surface area contributed by atoms with E-state index >= 15 is 0 Å². The Morgan fingerprint density at radius 2 is 1.62 bits per heavy atom. The van der Waals surface area contributed by atoms with E-state index in [0.29, 0.717) is 24.1 Å². The van der Waals surface area contributed by atoms with Crippen molar-refractivity contribution in [2.24, 2.45) is 5.73 Å². The molecule has 0 aromatic heterocycles. The molecule has 0 aliphatic carbocycles. The Bertz CT molecular complexity index is 1280. The van der Waals surface area contributed by atoms with Crippen molar-refractivity contribution >= 4 is 17.8 Å². The number of aliphatic carboxylic acids is 1. The fourth-order valence-electron chi connectivity index (χ4n) is 4.64. The van der Waals surface area contributed by atoms with E-state index in [1.54, 1.807) is 47.4 Å². The second-order valence-corrected chi connectivity index (χ2v) is 9.37. The van der Waals surface area contributed by atoms with Crippen molar-refractivity contribution < 1.29 is 23.9 Å². The van der Waals surface area contributed by atoms with Gasteiger partial charge in [0.15, 0.2) is 0 Å². The molecule has 192 valence electrons. The van der Waals surface area contributed by atoms with Crippen LogP contribution in [-0.2, 0) is 46.7 Å². The standard InChI is InChI=1S/C29H30FN3O4/c30-25-8-4-3-6-22(25)14-24(31)16-27(34)33-18-23-7-2-1-5-21(23)15-26(33)29(37)32-17-20-11-9-19(10-12-20)13-28(35)36/h1-12,24,26H,13-18,31H2,(H,32,37)(H,35,36)/t24-,26?/m1/s1. The smallest absolute Gasteiger partial charge is 0.307 e. The van der Waals surface area contributed by atoms with Gasteiger partial charge < -0.3 is 21.1 Å². The number of nitrogens with two attached hydrogens (primary N) is 1. The van der Waals surface area contributed by atoms with Crippen LogP contribution in [0.25, 0.3) is 0 Å². The van der Waals surface area contributed by atoms with Crippen LogP contribution >= 0.6 is 0 Å². The summed E-state index contributed by atoms with van der Waals surface area (Å²) in [6.07, 6.45) is 0.529. The van der Waals surface area contributed by atoms with Gasteiger partial charge in [-0.3, -0.25) is 14.4 Å². The van der Waals surface area contributed by atoms with E-state index in [9.17, 15) is 18.8 Å². The van der Waals surface area contributed by atoms with Gasteiger partial charge in [0.2, 0.25) is 11.8 Å². The van der Waals surface area contributed by atoms with Crippen molar-refractivity contribution in [3.8, 4) is 0 Å². The maximum absolute atomic E-state index is 14.0. The van der Waals surface area contributed by atoms with Gasteiger partial charge in [-0.25, -0.2) is 4.39 Å². The highest BCUT2D eigenvalue weighted by molar-refractivity contribution is 5.88. The molecule has 0 bridgehead atoms. The molecule has 7 nitrogen and oxygen atoms in total. The third kappa shape index (κ3) is 6.80. The number of nitrogens with zero attached hydrogens (tertiary/aromatic N) is 1. The largest absolute Gasteiger partial charge is 0.481 e. The van der Waals surface area contributed by atoms with Gasteiger partial charge in [0.25, 0.3) is 0 Å². The van der Waals surface area contributed by atoms with Crippen LogP contribution in [0.15, 0.2) is 72.8 Å². The molecule has 1 aliphatic heterocycles. The molecule has 0 radical (unpaired) electrons. The zero-order valence-electron chi connectivity index (χ0n) is 20.4. The fourth-order valence-corrected chi connectivity index (χ4v) is 4.64. The van der Waals surface area contributed by atoms with Gasteiger partial charge in [-0.15, -0.1) is 0 Å². The molecule has 2 atom stereocenters. The topological polar surface area (TPSA) is 113 Å². The second-order valence-electron chi connectivity index (χ2n) is 9.37. The lowest BCUT2D eigenvalue weighted by Crippen LogP contribution is -2.53. The summed E-state index contributed by atoms with van der Waals surface area (Å²) in [6.45, 7) is 0.544. The van der Waals surface area contributed by atoms with Crippen molar-refractivity contribution in [1.29, 1.82) is 0 Å². The van der Waals surface area contributed by atoms with Crippen molar-refractivity contribution in [3.05, 3.63) is 106 Å². The molecule has 3 aromatic rings. The first-order chi connectivity index (χ1) is 17.8. The third-order valence-electron chi connectivity index (χ3n) is 6.59. The van der Waals surface area contributed by atoms with Gasteiger partial charge in [-0.1, -0.05) is 66.7 Å². The molecule has 0 fully saturated rings. The summed E-state index contributed by atoms with van der Waals surface area (Å²) in [4.78, 5) is 39.0. The SMILES string of the molecule is N[C@@H](CC(=O)N1Cc2ccccc2CC1C(=O)NCc1ccc(CC(=O)O)cc1)Cc1ccccc1F. The summed E-state index contributed by atoms with van der Waals surface area (Å²) in [7, 11) is 0. The van der Waals surface area contributed by atoms with Gasteiger partial charge in [-0.2, -0.15) is 0 Å². The van der Waals surface area contributed by atoms with Gasteiger partial charge in [0, 0.05) is 32.0 Å². The lowest BCUT2D eigenvalue weighted by molar-refractivity contribution is -0.142. The predicted molar refractivity (Wildman–Crippen MR) is 137 cm³/mol. The molecule has 37 heavy (non-hydrogen) atoms. The van der Waals surface area contributed by atoms with Crippen LogP contribution in [0.5, 0.6) is 0 Å². The number of hydrogen-bond acceptors (Lipinski definition) is 4. The Balaban J connectivity index is 1.44. The number of rotatable bonds is 9. The minimum absolute atomic E-state index is 0.00861. The van der Waals surface area contributed by atoms with Gasteiger partial charge in [-0.05, 0) is 40.3 Å². The first-order valence-electron chi connectivity index (χ1n) is 12.2. The van der Waals surface area contributed by atoms with Crippen LogP contribution in [0.4, 0.5) is 4.39 Å². The summed E-state index contributed by atoms with van der Waals surface area (Å²) in [5.41, 5.74) is 10.2. The molecule has 0 saturated carbocycles. The molecule has 0 saturated heterocycles. The number of carboxylic acid groups (broad SMARTS) is 1. The molecule has 3 aromatic carbocycles. The molecule has 4 rings (SSSR count). The Morgan fingerprint density at radius 1 is 0.973 bits per heavy atom. The number of amides is 2. The highest BCUT2D eigenvalue weighted by Crippen LogP contribution is 2.25. The molecule has 1 heterocycles. The van der Waals surface area contributed by atoms with Crippen LogP contribution in [0.1, 0.15) is 34.2 Å². The predicted octanol–water partition coefficient (Wildman–Crippen LogP) is 2.98. The maximum Gasteiger partial charge on any atom is 0.307 e. The maximum atomic E-state index is 14.0. The lowest BCUT2D eigenvalue weighted by Gasteiger charge is -2.36. The molecular formula is C29H30FN3O4. The Hall–Kier alpha value is -4.04. The highest BCUT2D eigenvalue weighted by Gasteiger charge is 2.34. The van der Waals surface area contributed by atoms with Gasteiger partial charge in [0.05, 0.1) is 6.42 Å².